The lowest BCUT2D eigenvalue weighted by Crippen LogP contribution is -2.10. The van der Waals surface area contributed by atoms with E-state index in [2.05, 4.69) is 22.3 Å². The number of carboxylic acids is 1. The van der Waals surface area contributed by atoms with Crippen molar-refractivity contribution in [3.63, 3.8) is 0 Å². The van der Waals surface area contributed by atoms with Crippen molar-refractivity contribution < 1.29 is 9.90 Å². The highest BCUT2D eigenvalue weighted by atomic mass is 16.4. The minimum Gasteiger partial charge on any atom is -0.481 e. The molecule has 17 heavy (non-hydrogen) atoms. The first-order valence-electron chi connectivity index (χ1n) is 5.77. The molecular formula is C13H20N2O2. The summed E-state index contributed by atoms with van der Waals surface area (Å²) in [5.74, 6) is -0.742. The van der Waals surface area contributed by atoms with Crippen molar-refractivity contribution in [3.8, 4) is 0 Å². The Morgan fingerprint density at radius 3 is 2.47 bits per heavy atom. The maximum atomic E-state index is 10.3. The number of aliphatic carboxylic acids is 1. The second kappa shape index (κ2) is 6.91. The standard InChI is InChI=1S/C13H20N2O2/c1-15(2)10-11-5-7-12(8-6-11)14-9-3-4-13(16)17/h5-8,14H,3-4,9-10H2,1-2H3,(H,16,17). The third kappa shape index (κ3) is 5.92. The van der Waals surface area contributed by atoms with E-state index < -0.39 is 5.97 Å². The van der Waals surface area contributed by atoms with Crippen molar-refractivity contribution in [2.24, 2.45) is 0 Å². The number of benzene rings is 1. The van der Waals surface area contributed by atoms with Gasteiger partial charge in [-0.3, -0.25) is 4.79 Å². The van der Waals surface area contributed by atoms with E-state index in [1.54, 1.807) is 0 Å². The molecule has 4 nitrogen and oxygen atoms in total. The number of hydrogen-bond donors (Lipinski definition) is 2. The van der Waals surface area contributed by atoms with E-state index in [1.165, 1.54) is 5.56 Å². The third-order valence-electron chi connectivity index (χ3n) is 2.35. The van der Waals surface area contributed by atoms with Gasteiger partial charge in [0, 0.05) is 25.2 Å². The summed E-state index contributed by atoms with van der Waals surface area (Å²) >= 11 is 0. The Bertz CT molecular complexity index is 347. The number of anilines is 1. The van der Waals surface area contributed by atoms with Crippen molar-refractivity contribution in [3.05, 3.63) is 29.8 Å². The third-order valence-corrected chi connectivity index (χ3v) is 2.35. The fraction of sp³-hybridized carbons (Fsp3) is 0.462. The normalized spacial score (nSPS) is 10.5. The molecule has 0 aliphatic heterocycles. The Kier molecular flexibility index (Phi) is 5.49. The maximum Gasteiger partial charge on any atom is 0.303 e. The fourth-order valence-corrected chi connectivity index (χ4v) is 1.57. The van der Waals surface area contributed by atoms with E-state index in [1.807, 2.05) is 26.2 Å². The molecule has 0 saturated heterocycles. The van der Waals surface area contributed by atoms with Crippen LogP contribution in [0.2, 0.25) is 0 Å². The van der Waals surface area contributed by atoms with Gasteiger partial charge >= 0.3 is 5.97 Å². The Hall–Kier alpha value is -1.55. The molecule has 4 heteroatoms. The molecule has 94 valence electrons. The zero-order valence-corrected chi connectivity index (χ0v) is 10.4. The molecule has 0 heterocycles. The summed E-state index contributed by atoms with van der Waals surface area (Å²) in [4.78, 5) is 12.4. The van der Waals surface area contributed by atoms with Crippen LogP contribution in [0.5, 0.6) is 0 Å². The summed E-state index contributed by atoms with van der Waals surface area (Å²) in [6.07, 6.45) is 0.862. The van der Waals surface area contributed by atoms with Gasteiger partial charge in [0.25, 0.3) is 0 Å². The molecule has 0 fully saturated rings. The minimum atomic E-state index is -0.742. The average Bonchev–Trinajstić information content (AvgIpc) is 2.25. The quantitative estimate of drug-likeness (QED) is 0.711. The molecule has 0 radical (unpaired) electrons. The summed E-state index contributed by atoms with van der Waals surface area (Å²) < 4.78 is 0. The van der Waals surface area contributed by atoms with Gasteiger partial charge in [-0.25, -0.2) is 0 Å². The molecule has 0 aliphatic carbocycles. The fourth-order valence-electron chi connectivity index (χ4n) is 1.57. The van der Waals surface area contributed by atoms with Crippen molar-refractivity contribution in [2.75, 3.05) is 26.0 Å². The van der Waals surface area contributed by atoms with Gasteiger partial charge in [-0.1, -0.05) is 12.1 Å². The number of nitrogens with one attached hydrogen (secondary N) is 1. The number of carbonyl (C=O) groups is 1. The Labute approximate surface area is 102 Å². The Morgan fingerprint density at radius 1 is 1.29 bits per heavy atom. The molecule has 2 N–H and O–H groups in total. The Morgan fingerprint density at radius 2 is 1.94 bits per heavy atom. The van der Waals surface area contributed by atoms with E-state index >= 15 is 0 Å². The van der Waals surface area contributed by atoms with Gasteiger partial charge in [-0.05, 0) is 38.2 Å². The largest absolute Gasteiger partial charge is 0.481 e. The van der Waals surface area contributed by atoms with E-state index in [0.717, 1.165) is 12.2 Å². The van der Waals surface area contributed by atoms with Crippen LogP contribution in [0.4, 0.5) is 5.69 Å². The van der Waals surface area contributed by atoms with Crippen LogP contribution in [0.25, 0.3) is 0 Å². The number of carboxylic acid groups (broad SMARTS) is 1. The van der Waals surface area contributed by atoms with Crippen LogP contribution in [-0.4, -0.2) is 36.6 Å². The predicted octanol–water partition coefficient (Wildman–Crippen LogP) is 2.02. The first-order valence-corrected chi connectivity index (χ1v) is 5.77. The van der Waals surface area contributed by atoms with Gasteiger partial charge in [-0.15, -0.1) is 0 Å². The molecule has 0 bridgehead atoms. The first-order chi connectivity index (χ1) is 8.08. The second-order valence-electron chi connectivity index (χ2n) is 4.36. The molecule has 0 aliphatic rings. The molecule has 0 amide bonds. The lowest BCUT2D eigenvalue weighted by atomic mass is 10.2. The van der Waals surface area contributed by atoms with Crippen LogP contribution >= 0.6 is 0 Å². The van der Waals surface area contributed by atoms with Gasteiger partial charge in [-0.2, -0.15) is 0 Å². The van der Waals surface area contributed by atoms with E-state index in [0.29, 0.717) is 13.0 Å². The monoisotopic (exact) mass is 236 g/mol. The first kappa shape index (κ1) is 13.5. The van der Waals surface area contributed by atoms with Crippen LogP contribution < -0.4 is 5.32 Å². The predicted molar refractivity (Wildman–Crippen MR) is 69.2 cm³/mol. The van der Waals surface area contributed by atoms with Gasteiger partial charge < -0.3 is 15.3 Å². The van der Waals surface area contributed by atoms with Crippen LogP contribution in [0, 0.1) is 0 Å². The van der Waals surface area contributed by atoms with E-state index in [-0.39, 0.29) is 6.42 Å². The van der Waals surface area contributed by atoms with Crippen molar-refractivity contribution in [1.82, 2.24) is 4.90 Å². The van der Waals surface area contributed by atoms with Gasteiger partial charge in [0.2, 0.25) is 0 Å². The summed E-state index contributed by atoms with van der Waals surface area (Å²) in [6.45, 7) is 1.62. The van der Waals surface area contributed by atoms with Crippen LogP contribution in [-0.2, 0) is 11.3 Å². The molecule has 0 spiro atoms. The highest BCUT2D eigenvalue weighted by molar-refractivity contribution is 5.66. The second-order valence-corrected chi connectivity index (χ2v) is 4.36. The summed E-state index contributed by atoms with van der Waals surface area (Å²) in [6, 6.07) is 8.22. The molecule has 0 aromatic heterocycles. The topological polar surface area (TPSA) is 52.6 Å². The van der Waals surface area contributed by atoms with Gasteiger partial charge in [0.1, 0.15) is 0 Å². The number of hydrogen-bond acceptors (Lipinski definition) is 3. The highest BCUT2D eigenvalue weighted by Gasteiger charge is 1.98. The summed E-state index contributed by atoms with van der Waals surface area (Å²) in [5.41, 5.74) is 2.31. The molecule has 1 aromatic carbocycles. The van der Waals surface area contributed by atoms with Crippen molar-refractivity contribution in [1.29, 1.82) is 0 Å². The highest BCUT2D eigenvalue weighted by Crippen LogP contribution is 2.10. The van der Waals surface area contributed by atoms with Gasteiger partial charge in [0.05, 0.1) is 0 Å². The lowest BCUT2D eigenvalue weighted by Gasteiger charge is -2.10. The molecule has 0 atom stereocenters. The summed E-state index contributed by atoms with van der Waals surface area (Å²) in [7, 11) is 4.08. The molecular weight excluding hydrogens is 216 g/mol. The van der Waals surface area contributed by atoms with Crippen molar-refractivity contribution in [2.45, 2.75) is 19.4 Å². The molecule has 0 unspecified atom stereocenters. The maximum absolute atomic E-state index is 10.3. The number of nitrogens with zero attached hydrogens (tertiary/aromatic N) is 1. The smallest absolute Gasteiger partial charge is 0.303 e. The Balaban J connectivity index is 2.32. The lowest BCUT2D eigenvalue weighted by molar-refractivity contribution is -0.137. The SMILES string of the molecule is CN(C)Cc1ccc(NCCCC(=O)O)cc1. The zero-order valence-electron chi connectivity index (χ0n) is 10.4. The van der Waals surface area contributed by atoms with Crippen molar-refractivity contribution >= 4 is 11.7 Å². The van der Waals surface area contributed by atoms with Crippen LogP contribution in [0.15, 0.2) is 24.3 Å². The summed E-state index contributed by atoms with van der Waals surface area (Å²) in [5, 5.41) is 11.7. The molecule has 0 saturated carbocycles. The molecule has 1 rings (SSSR count). The van der Waals surface area contributed by atoms with Crippen LogP contribution in [0.1, 0.15) is 18.4 Å². The number of rotatable bonds is 7. The zero-order chi connectivity index (χ0) is 12.7. The molecule has 1 aromatic rings. The van der Waals surface area contributed by atoms with E-state index in [9.17, 15) is 4.79 Å². The van der Waals surface area contributed by atoms with E-state index in [4.69, 9.17) is 5.11 Å². The average molecular weight is 236 g/mol. The van der Waals surface area contributed by atoms with Gasteiger partial charge in [0.15, 0.2) is 0 Å². The minimum absolute atomic E-state index is 0.214. The van der Waals surface area contributed by atoms with Crippen LogP contribution in [0.3, 0.4) is 0 Å².